The summed E-state index contributed by atoms with van der Waals surface area (Å²) in [5.74, 6) is 0.892. The Hall–Kier alpha value is -1.51. The molecule has 0 spiro atoms. The second-order valence-electron chi connectivity index (χ2n) is 3.54. The van der Waals surface area contributed by atoms with Gasteiger partial charge in [0.05, 0.1) is 14.1 Å². The van der Waals surface area contributed by atoms with Crippen molar-refractivity contribution in [3.05, 3.63) is 30.3 Å². The van der Waals surface area contributed by atoms with Crippen molar-refractivity contribution in [3.8, 4) is 5.75 Å². The average Bonchev–Trinajstić information content (AvgIpc) is 2.51. The third kappa shape index (κ3) is 1.71. The molecule has 0 atom stereocenters. The number of ether oxygens (including phenoxy) is 1. The first-order valence-electron chi connectivity index (χ1n) is 4.79. The summed E-state index contributed by atoms with van der Waals surface area (Å²) < 4.78 is 7.89. The number of amidine groups is 1. The molecule has 0 N–H and O–H groups in total. The monoisotopic (exact) mass is 191 g/mol. The fourth-order valence-electron chi connectivity index (χ4n) is 1.53. The Morgan fingerprint density at radius 3 is 2.57 bits per heavy atom. The third-order valence-electron chi connectivity index (χ3n) is 2.38. The highest BCUT2D eigenvalue weighted by Crippen LogP contribution is 2.11. The van der Waals surface area contributed by atoms with Gasteiger partial charge in [-0.25, -0.2) is 9.48 Å². The van der Waals surface area contributed by atoms with Gasteiger partial charge in [-0.1, -0.05) is 18.2 Å². The molecule has 1 aliphatic rings. The Balaban J connectivity index is 2.15. The van der Waals surface area contributed by atoms with Crippen LogP contribution < -0.4 is 4.74 Å². The highest BCUT2D eigenvalue weighted by Gasteiger charge is 2.27. The Morgan fingerprint density at radius 2 is 2.00 bits per heavy atom. The summed E-state index contributed by atoms with van der Waals surface area (Å²) in [6.07, 6.45) is 0. The second kappa shape index (κ2) is 3.70. The predicted molar refractivity (Wildman–Crippen MR) is 55.8 cm³/mol. The minimum atomic E-state index is 0.892. The van der Waals surface area contributed by atoms with Crippen molar-refractivity contribution < 1.29 is 9.31 Å². The lowest BCUT2D eigenvalue weighted by atomic mass is 10.3. The molecule has 0 unspecified atom stereocenters. The molecular formula is C11H15N2O+. The van der Waals surface area contributed by atoms with Crippen LogP contribution in [0.4, 0.5) is 0 Å². The lowest BCUT2D eigenvalue weighted by Crippen LogP contribution is -2.30. The Kier molecular flexibility index (Phi) is 2.39. The van der Waals surface area contributed by atoms with Crippen molar-refractivity contribution in [1.29, 1.82) is 0 Å². The molecule has 0 radical (unpaired) electrons. The van der Waals surface area contributed by atoms with E-state index in [0.29, 0.717) is 0 Å². The standard InChI is InChI=1S/C11H15N2O/c1-12-8-9-13(2)11(12)14-10-6-4-3-5-7-10/h3-7H,8-9H2,1-2H3/q+1. The van der Waals surface area contributed by atoms with Gasteiger partial charge in [0.1, 0.15) is 18.8 Å². The topological polar surface area (TPSA) is 15.5 Å². The molecular weight excluding hydrogens is 176 g/mol. The maximum absolute atomic E-state index is 5.77. The molecule has 2 rings (SSSR count). The summed E-state index contributed by atoms with van der Waals surface area (Å²) in [7, 11) is 4.09. The van der Waals surface area contributed by atoms with Crippen molar-refractivity contribution in [3.63, 3.8) is 0 Å². The first-order valence-corrected chi connectivity index (χ1v) is 4.79. The van der Waals surface area contributed by atoms with Crippen molar-refractivity contribution >= 4 is 6.02 Å². The van der Waals surface area contributed by atoms with E-state index >= 15 is 0 Å². The van der Waals surface area contributed by atoms with Crippen LogP contribution in [0.5, 0.6) is 5.75 Å². The van der Waals surface area contributed by atoms with E-state index in [9.17, 15) is 0 Å². The zero-order valence-electron chi connectivity index (χ0n) is 8.60. The molecule has 0 saturated carbocycles. The van der Waals surface area contributed by atoms with Gasteiger partial charge in [0.25, 0.3) is 0 Å². The largest absolute Gasteiger partial charge is 0.451 e. The van der Waals surface area contributed by atoms with Gasteiger partial charge in [0.15, 0.2) is 0 Å². The maximum Gasteiger partial charge on any atom is 0.451 e. The Bertz CT molecular complexity index is 346. The molecule has 0 fully saturated rings. The van der Waals surface area contributed by atoms with E-state index in [2.05, 4.69) is 9.48 Å². The van der Waals surface area contributed by atoms with E-state index in [1.807, 2.05) is 44.4 Å². The van der Waals surface area contributed by atoms with Crippen molar-refractivity contribution in [1.82, 2.24) is 4.90 Å². The van der Waals surface area contributed by atoms with Gasteiger partial charge in [0, 0.05) is 0 Å². The molecule has 74 valence electrons. The zero-order valence-corrected chi connectivity index (χ0v) is 8.60. The van der Waals surface area contributed by atoms with Gasteiger partial charge in [0.2, 0.25) is 0 Å². The third-order valence-corrected chi connectivity index (χ3v) is 2.38. The number of hydrogen-bond donors (Lipinski definition) is 0. The molecule has 1 heterocycles. The highest BCUT2D eigenvalue weighted by atomic mass is 16.5. The molecule has 14 heavy (non-hydrogen) atoms. The summed E-state index contributed by atoms with van der Waals surface area (Å²) in [6.45, 7) is 2.05. The molecule has 0 aliphatic carbocycles. The maximum atomic E-state index is 5.77. The van der Waals surface area contributed by atoms with Crippen LogP contribution in [0.1, 0.15) is 0 Å². The quantitative estimate of drug-likeness (QED) is 0.616. The first kappa shape index (κ1) is 9.06. The number of rotatable bonds is 1. The summed E-state index contributed by atoms with van der Waals surface area (Å²) in [5.41, 5.74) is 0. The highest BCUT2D eigenvalue weighted by molar-refractivity contribution is 5.72. The van der Waals surface area contributed by atoms with Crippen molar-refractivity contribution in [2.75, 3.05) is 27.2 Å². The van der Waals surface area contributed by atoms with Crippen molar-refractivity contribution in [2.24, 2.45) is 0 Å². The number of para-hydroxylation sites is 1. The van der Waals surface area contributed by atoms with Crippen LogP contribution in [-0.4, -0.2) is 42.7 Å². The Labute approximate surface area is 84.2 Å². The minimum Gasteiger partial charge on any atom is -0.392 e. The van der Waals surface area contributed by atoms with Crippen LogP contribution in [0.2, 0.25) is 0 Å². The van der Waals surface area contributed by atoms with Gasteiger partial charge < -0.3 is 4.74 Å². The SMILES string of the molecule is CN1CC[N+](C)=C1Oc1ccccc1. The summed E-state index contributed by atoms with van der Waals surface area (Å²) in [6, 6.07) is 10.8. The van der Waals surface area contributed by atoms with E-state index in [1.54, 1.807) is 0 Å². The molecule has 0 amide bonds. The van der Waals surface area contributed by atoms with E-state index in [1.165, 1.54) is 0 Å². The van der Waals surface area contributed by atoms with Gasteiger partial charge >= 0.3 is 6.02 Å². The van der Waals surface area contributed by atoms with Crippen LogP contribution in [0.3, 0.4) is 0 Å². The minimum absolute atomic E-state index is 0.892. The molecule has 3 nitrogen and oxygen atoms in total. The lowest BCUT2D eigenvalue weighted by molar-refractivity contribution is -0.493. The smallest absolute Gasteiger partial charge is 0.392 e. The van der Waals surface area contributed by atoms with E-state index < -0.39 is 0 Å². The predicted octanol–water partition coefficient (Wildman–Crippen LogP) is 1.01. The fraction of sp³-hybridized carbons (Fsp3) is 0.364. The molecule has 0 aromatic heterocycles. The fourth-order valence-corrected chi connectivity index (χ4v) is 1.53. The van der Waals surface area contributed by atoms with E-state index in [4.69, 9.17) is 4.74 Å². The Morgan fingerprint density at radius 1 is 1.29 bits per heavy atom. The molecule has 1 aliphatic heterocycles. The number of hydrogen-bond acceptors (Lipinski definition) is 2. The normalized spacial score (nSPS) is 16.3. The number of likely N-dealkylation sites (N-methyl/N-ethyl adjacent to an activating group) is 2. The number of nitrogens with zero attached hydrogens (tertiary/aromatic N) is 2. The summed E-state index contributed by atoms with van der Waals surface area (Å²) in [5, 5.41) is 0. The van der Waals surface area contributed by atoms with Gasteiger partial charge in [-0.05, 0) is 12.1 Å². The zero-order chi connectivity index (χ0) is 9.97. The molecule has 1 aromatic rings. The summed E-state index contributed by atoms with van der Waals surface area (Å²) >= 11 is 0. The molecule has 0 saturated heterocycles. The number of benzene rings is 1. The molecule has 0 bridgehead atoms. The van der Waals surface area contributed by atoms with Crippen LogP contribution >= 0.6 is 0 Å². The van der Waals surface area contributed by atoms with Crippen LogP contribution in [0.25, 0.3) is 0 Å². The van der Waals surface area contributed by atoms with Gasteiger partial charge in [-0.3, -0.25) is 0 Å². The van der Waals surface area contributed by atoms with Crippen LogP contribution in [0.15, 0.2) is 30.3 Å². The van der Waals surface area contributed by atoms with Crippen molar-refractivity contribution in [2.45, 2.75) is 0 Å². The summed E-state index contributed by atoms with van der Waals surface area (Å²) in [4.78, 5) is 2.12. The molecule has 1 aromatic carbocycles. The van der Waals surface area contributed by atoms with Gasteiger partial charge in [-0.15, -0.1) is 0 Å². The van der Waals surface area contributed by atoms with E-state index in [-0.39, 0.29) is 0 Å². The second-order valence-corrected chi connectivity index (χ2v) is 3.54. The molecule has 3 heteroatoms. The van der Waals surface area contributed by atoms with Gasteiger partial charge in [-0.2, -0.15) is 0 Å². The van der Waals surface area contributed by atoms with Crippen LogP contribution in [-0.2, 0) is 0 Å². The average molecular weight is 191 g/mol. The van der Waals surface area contributed by atoms with Crippen LogP contribution in [0, 0.1) is 0 Å². The first-order chi connectivity index (χ1) is 6.77. The lowest BCUT2D eigenvalue weighted by Gasteiger charge is -2.07. The van der Waals surface area contributed by atoms with E-state index in [0.717, 1.165) is 24.9 Å².